The molecule has 1 aromatic rings. The molecule has 0 radical (unpaired) electrons. The molecule has 1 saturated heterocycles. The van der Waals surface area contributed by atoms with Crippen LogP contribution in [0.1, 0.15) is 60.4 Å². The van der Waals surface area contributed by atoms with Crippen molar-refractivity contribution in [1.29, 1.82) is 0 Å². The van der Waals surface area contributed by atoms with Gasteiger partial charge in [-0.05, 0) is 69.7 Å². The molecule has 1 saturated carbocycles. The predicted octanol–water partition coefficient (Wildman–Crippen LogP) is 3.63. The second kappa shape index (κ2) is 5.50. The number of benzene rings is 1. The summed E-state index contributed by atoms with van der Waals surface area (Å²) in [7, 11) is 0. The molecule has 2 fully saturated rings. The van der Waals surface area contributed by atoms with Gasteiger partial charge in [0, 0.05) is 12.1 Å². The molecule has 3 rings (SSSR count). The maximum atomic E-state index is 6.60. The summed E-state index contributed by atoms with van der Waals surface area (Å²) in [6, 6.07) is 6.17. The van der Waals surface area contributed by atoms with E-state index in [0.717, 1.165) is 6.04 Å². The van der Waals surface area contributed by atoms with Gasteiger partial charge in [0.1, 0.15) is 0 Å². The van der Waals surface area contributed by atoms with Gasteiger partial charge in [-0.15, -0.1) is 0 Å². The molecule has 1 heterocycles. The van der Waals surface area contributed by atoms with Crippen molar-refractivity contribution in [2.45, 2.75) is 71.0 Å². The summed E-state index contributed by atoms with van der Waals surface area (Å²) in [5, 5.41) is 0. The Morgan fingerprint density at radius 2 is 1.65 bits per heavy atom. The molecule has 0 amide bonds. The SMILES string of the molecule is Cc1cc(C)c(C2C(N)CCCCN2C2CC2)c(C)c1. The largest absolute Gasteiger partial charge is 0.326 e. The van der Waals surface area contributed by atoms with Crippen LogP contribution in [0.5, 0.6) is 0 Å². The molecule has 2 unspecified atom stereocenters. The highest BCUT2D eigenvalue weighted by atomic mass is 15.2. The van der Waals surface area contributed by atoms with Crippen molar-refractivity contribution in [1.82, 2.24) is 4.90 Å². The van der Waals surface area contributed by atoms with Gasteiger partial charge in [0.05, 0.1) is 6.04 Å². The first-order chi connectivity index (χ1) is 9.58. The molecule has 110 valence electrons. The van der Waals surface area contributed by atoms with Crippen molar-refractivity contribution in [3.63, 3.8) is 0 Å². The second-order valence-corrected chi connectivity index (χ2v) is 6.89. The first-order valence-corrected chi connectivity index (χ1v) is 8.17. The Balaban J connectivity index is 2.03. The van der Waals surface area contributed by atoms with Crippen LogP contribution < -0.4 is 5.73 Å². The molecular weight excluding hydrogens is 244 g/mol. The third-order valence-electron chi connectivity index (χ3n) is 5.02. The van der Waals surface area contributed by atoms with Gasteiger partial charge in [0.25, 0.3) is 0 Å². The summed E-state index contributed by atoms with van der Waals surface area (Å²) in [5.74, 6) is 0. The quantitative estimate of drug-likeness (QED) is 0.891. The summed E-state index contributed by atoms with van der Waals surface area (Å²) in [6.45, 7) is 7.95. The lowest BCUT2D eigenvalue weighted by molar-refractivity contribution is 0.174. The number of hydrogen-bond acceptors (Lipinski definition) is 2. The van der Waals surface area contributed by atoms with Crippen molar-refractivity contribution in [3.05, 3.63) is 34.4 Å². The normalized spacial score (nSPS) is 28.4. The van der Waals surface area contributed by atoms with Crippen LogP contribution in [0, 0.1) is 20.8 Å². The van der Waals surface area contributed by atoms with E-state index in [9.17, 15) is 0 Å². The molecule has 2 atom stereocenters. The molecule has 1 aromatic carbocycles. The fourth-order valence-corrected chi connectivity index (χ4v) is 4.07. The van der Waals surface area contributed by atoms with Gasteiger partial charge in [-0.1, -0.05) is 24.1 Å². The first kappa shape index (κ1) is 14.1. The van der Waals surface area contributed by atoms with Crippen LogP contribution >= 0.6 is 0 Å². The molecule has 1 aliphatic heterocycles. The molecule has 2 aliphatic rings. The van der Waals surface area contributed by atoms with Crippen LogP contribution in [0.3, 0.4) is 0 Å². The molecule has 2 nitrogen and oxygen atoms in total. The predicted molar refractivity (Wildman–Crippen MR) is 84.9 cm³/mol. The summed E-state index contributed by atoms with van der Waals surface area (Å²) in [4.78, 5) is 2.72. The van der Waals surface area contributed by atoms with Crippen LogP contribution in [0.15, 0.2) is 12.1 Å². The van der Waals surface area contributed by atoms with Crippen LogP contribution in [0.25, 0.3) is 0 Å². The minimum atomic E-state index is 0.290. The molecule has 1 aliphatic carbocycles. The van der Waals surface area contributed by atoms with Gasteiger partial charge in [0.2, 0.25) is 0 Å². The van der Waals surface area contributed by atoms with Crippen molar-refractivity contribution < 1.29 is 0 Å². The summed E-state index contributed by atoms with van der Waals surface area (Å²) in [6.07, 6.45) is 6.50. The first-order valence-electron chi connectivity index (χ1n) is 8.17. The van der Waals surface area contributed by atoms with E-state index in [1.54, 1.807) is 0 Å². The summed E-state index contributed by atoms with van der Waals surface area (Å²) in [5.41, 5.74) is 12.3. The number of nitrogens with two attached hydrogens (primary N) is 1. The Morgan fingerprint density at radius 3 is 2.25 bits per heavy atom. The van der Waals surface area contributed by atoms with E-state index in [0.29, 0.717) is 12.1 Å². The van der Waals surface area contributed by atoms with Gasteiger partial charge in [-0.2, -0.15) is 0 Å². The topological polar surface area (TPSA) is 29.3 Å². The molecule has 2 N–H and O–H groups in total. The Kier molecular flexibility index (Phi) is 3.87. The lowest BCUT2D eigenvalue weighted by Crippen LogP contribution is -2.41. The van der Waals surface area contributed by atoms with Crippen molar-refractivity contribution in [2.24, 2.45) is 5.73 Å². The number of rotatable bonds is 2. The molecular formula is C18H28N2. The van der Waals surface area contributed by atoms with E-state index in [-0.39, 0.29) is 0 Å². The average molecular weight is 272 g/mol. The molecule has 2 heteroatoms. The van der Waals surface area contributed by atoms with Gasteiger partial charge in [0.15, 0.2) is 0 Å². The Labute approximate surface area is 123 Å². The molecule has 20 heavy (non-hydrogen) atoms. The number of likely N-dealkylation sites (tertiary alicyclic amines) is 1. The smallest absolute Gasteiger partial charge is 0.0507 e. The highest BCUT2D eigenvalue weighted by Crippen LogP contribution is 2.40. The summed E-state index contributed by atoms with van der Waals surface area (Å²) < 4.78 is 0. The van der Waals surface area contributed by atoms with Crippen LogP contribution in [-0.2, 0) is 0 Å². The maximum Gasteiger partial charge on any atom is 0.0507 e. The monoisotopic (exact) mass is 272 g/mol. The fourth-order valence-electron chi connectivity index (χ4n) is 4.07. The lowest BCUT2D eigenvalue weighted by atomic mass is 9.88. The van der Waals surface area contributed by atoms with E-state index in [1.807, 2.05) is 0 Å². The Morgan fingerprint density at radius 1 is 1.00 bits per heavy atom. The number of nitrogens with zero attached hydrogens (tertiary/aromatic N) is 1. The van der Waals surface area contributed by atoms with Crippen molar-refractivity contribution >= 4 is 0 Å². The molecule has 0 spiro atoms. The minimum Gasteiger partial charge on any atom is -0.326 e. The van der Waals surface area contributed by atoms with Gasteiger partial charge in [-0.3, -0.25) is 4.90 Å². The Hall–Kier alpha value is -0.860. The zero-order valence-electron chi connectivity index (χ0n) is 13.2. The Bertz CT molecular complexity index is 467. The standard InChI is InChI=1S/C18H28N2/c1-12-10-13(2)17(14(3)11-12)18-16(19)6-4-5-9-20(18)15-7-8-15/h10-11,15-16,18H,4-9,19H2,1-3H3. The van der Waals surface area contributed by atoms with E-state index >= 15 is 0 Å². The van der Waals surface area contributed by atoms with E-state index in [4.69, 9.17) is 5.73 Å². The second-order valence-electron chi connectivity index (χ2n) is 6.89. The number of hydrogen-bond donors (Lipinski definition) is 1. The maximum absolute atomic E-state index is 6.60. The van der Waals surface area contributed by atoms with E-state index < -0.39 is 0 Å². The zero-order valence-corrected chi connectivity index (χ0v) is 13.2. The lowest BCUT2D eigenvalue weighted by Gasteiger charge is -2.36. The van der Waals surface area contributed by atoms with Crippen molar-refractivity contribution in [2.75, 3.05) is 6.54 Å². The summed E-state index contributed by atoms with van der Waals surface area (Å²) >= 11 is 0. The highest BCUT2D eigenvalue weighted by Gasteiger charge is 2.39. The fraction of sp³-hybridized carbons (Fsp3) is 0.667. The van der Waals surface area contributed by atoms with Gasteiger partial charge < -0.3 is 5.73 Å². The van der Waals surface area contributed by atoms with Gasteiger partial charge in [-0.25, -0.2) is 0 Å². The zero-order chi connectivity index (χ0) is 14.3. The van der Waals surface area contributed by atoms with Crippen molar-refractivity contribution in [3.8, 4) is 0 Å². The molecule has 0 bridgehead atoms. The highest BCUT2D eigenvalue weighted by molar-refractivity contribution is 5.40. The number of aryl methyl sites for hydroxylation is 3. The third kappa shape index (κ3) is 2.64. The molecule has 0 aromatic heterocycles. The van der Waals surface area contributed by atoms with Crippen LogP contribution in [0.4, 0.5) is 0 Å². The van der Waals surface area contributed by atoms with E-state index in [2.05, 4.69) is 37.8 Å². The average Bonchev–Trinajstić information content (AvgIpc) is 3.17. The minimum absolute atomic E-state index is 0.290. The van der Waals surface area contributed by atoms with Crippen LogP contribution in [-0.4, -0.2) is 23.5 Å². The van der Waals surface area contributed by atoms with Gasteiger partial charge >= 0.3 is 0 Å². The third-order valence-corrected chi connectivity index (χ3v) is 5.02. The van der Waals surface area contributed by atoms with E-state index in [1.165, 1.54) is 60.9 Å². The van der Waals surface area contributed by atoms with Crippen LogP contribution in [0.2, 0.25) is 0 Å².